The number of hydrogen-bond donors (Lipinski definition) is 2. The zero-order chi connectivity index (χ0) is 9.97. The lowest BCUT2D eigenvalue weighted by Crippen LogP contribution is -2.14. The Morgan fingerprint density at radius 1 is 1.43 bits per heavy atom. The minimum atomic E-state index is 0.279. The van der Waals surface area contributed by atoms with E-state index in [-0.39, 0.29) is 6.08 Å². The second kappa shape index (κ2) is 3.55. The van der Waals surface area contributed by atoms with Gasteiger partial charge in [-0.1, -0.05) is 0 Å². The number of methoxy groups -OCH3 is 1. The number of nitrogens with zero attached hydrogens (tertiary/aromatic N) is 1. The van der Waals surface area contributed by atoms with E-state index in [1.807, 2.05) is 18.2 Å². The van der Waals surface area contributed by atoms with Crippen LogP contribution >= 0.6 is 0 Å². The predicted molar refractivity (Wildman–Crippen MR) is 53.2 cm³/mol. The Morgan fingerprint density at radius 2 is 2.29 bits per heavy atom. The molecule has 0 atom stereocenters. The lowest BCUT2D eigenvalue weighted by atomic mass is 10.3. The molecule has 1 heterocycles. The molecule has 5 heteroatoms. The maximum Gasteiger partial charge on any atom is 0.394 e. The molecule has 2 N–H and O–H groups in total. The largest absolute Gasteiger partial charge is 0.453 e. The van der Waals surface area contributed by atoms with Gasteiger partial charge in [-0.3, -0.25) is 0 Å². The highest BCUT2D eigenvalue weighted by atomic mass is 16.6. The molecule has 74 valence electrons. The number of nitrogens with one attached hydrogen (secondary N) is 2. The van der Waals surface area contributed by atoms with Crippen LogP contribution in [0.3, 0.4) is 0 Å². The van der Waals surface area contributed by atoms with Gasteiger partial charge in [0.05, 0.1) is 12.8 Å². The van der Waals surface area contributed by atoms with Crippen molar-refractivity contribution in [2.45, 2.75) is 0 Å². The van der Waals surface area contributed by atoms with Crippen molar-refractivity contribution in [3.8, 4) is 6.08 Å². The molecule has 0 radical (unpaired) electrons. The molecule has 0 fully saturated rings. The van der Waals surface area contributed by atoms with E-state index in [9.17, 15) is 0 Å². The highest BCUT2D eigenvalue weighted by Gasteiger charge is 2.05. The van der Waals surface area contributed by atoms with E-state index >= 15 is 0 Å². The summed E-state index contributed by atoms with van der Waals surface area (Å²) in [5, 5.41) is 0. The summed E-state index contributed by atoms with van der Waals surface area (Å²) in [6.45, 7) is 0. The maximum atomic E-state index is 5.27. The van der Waals surface area contributed by atoms with Crippen molar-refractivity contribution in [3.63, 3.8) is 0 Å². The third-order valence-electron chi connectivity index (χ3n) is 1.81. The highest BCUT2D eigenvalue weighted by Crippen LogP contribution is 2.22. The van der Waals surface area contributed by atoms with Crippen LogP contribution in [0.15, 0.2) is 22.6 Å². The van der Waals surface area contributed by atoms with E-state index in [0.29, 0.717) is 5.58 Å². The molecular weight excluding hydrogens is 182 g/mol. The molecule has 0 saturated carbocycles. The van der Waals surface area contributed by atoms with Gasteiger partial charge in [-0.25, -0.2) is 5.43 Å². The predicted octanol–water partition coefficient (Wildman–Crippen LogP) is 1.38. The fourth-order valence-electron chi connectivity index (χ4n) is 1.22. The van der Waals surface area contributed by atoms with Crippen LogP contribution in [0, 0.1) is 0 Å². The lowest BCUT2D eigenvalue weighted by molar-refractivity contribution is 0.299. The van der Waals surface area contributed by atoms with Crippen LogP contribution in [0.4, 0.5) is 5.69 Å². The molecule has 1 aromatic carbocycles. The van der Waals surface area contributed by atoms with Crippen LogP contribution < -0.4 is 15.6 Å². The average molecular weight is 193 g/mol. The molecule has 0 aliphatic rings. The van der Waals surface area contributed by atoms with Gasteiger partial charge in [0.15, 0.2) is 5.58 Å². The number of benzene rings is 1. The number of rotatable bonds is 3. The van der Waals surface area contributed by atoms with Gasteiger partial charge < -0.3 is 14.6 Å². The van der Waals surface area contributed by atoms with E-state index in [2.05, 4.69) is 15.8 Å². The first-order chi connectivity index (χ1) is 6.83. The van der Waals surface area contributed by atoms with Gasteiger partial charge >= 0.3 is 6.08 Å². The second-order valence-electron chi connectivity index (χ2n) is 2.74. The summed E-state index contributed by atoms with van der Waals surface area (Å²) in [6.07, 6.45) is 0.279. The molecule has 0 unspecified atom stereocenters. The van der Waals surface area contributed by atoms with Crippen LogP contribution in [-0.4, -0.2) is 19.1 Å². The van der Waals surface area contributed by atoms with Crippen LogP contribution in [-0.2, 0) is 0 Å². The van der Waals surface area contributed by atoms with E-state index in [1.54, 1.807) is 7.05 Å². The van der Waals surface area contributed by atoms with Crippen molar-refractivity contribution in [2.75, 3.05) is 19.6 Å². The topological polar surface area (TPSA) is 59.3 Å². The van der Waals surface area contributed by atoms with Crippen molar-refractivity contribution in [3.05, 3.63) is 18.2 Å². The zero-order valence-corrected chi connectivity index (χ0v) is 8.00. The number of fused-ring (bicyclic) bond motifs is 1. The monoisotopic (exact) mass is 193 g/mol. The standard InChI is InChI=1S/C9H11N3O2/c1-10-12-6-3-4-8-7(5-6)11-9(13-2)14-8/h3-5,10,12H,1-2H3. The van der Waals surface area contributed by atoms with Crippen LogP contribution in [0.25, 0.3) is 11.1 Å². The van der Waals surface area contributed by atoms with Crippen molar-refractivity contribution in [1.29, 1.82) is 0 Å². The van der Waals surface area contributed by atoms with Crippen LogP contribution in [0.5, 0.6) is 6.08 Å². The van der Waals surface area contributed by atoms with E-state index in [4.69, 9.17) is 9.15 Å². The van der Waals surface area contributed by atoms with E-state index in [1.165, 1.54) is 7.11 Å². The molecule has 0 aliphatic heterocycles. The molecule has 0 bridgehead atoms. The van der Waals surface area contributed by atoms with Gasteiger partial charge in [-0.15, -0.1) is 0 Å². The third-order valence-corrected chi connectivity index (χ3v) is 1.81. The summed E-state index contributed by atoms with van der Waals surface area (Å²) in [4.78, 5) is 4.12. The Labute approximate surface area is 81.0 Å². The summed E-state index contributed by atoms with van der Waals surface area (Å²) < 4.78 is 10.2. The molecule has 0 aliphatic carbocycles. The van der Waals surface area contributed by atoms with Gasteiger partial charge in [-0.05, 0) is 18.2 Å². The highest BCUT2D eigenvalue weighted by molar-refractivity contribution is 5.77. The first-order valence-corrected chi connectivity index (χ1v) is 4.21. The Kier molecular flexibility index (Phi) is 2.24. The summed E-state index contributed by atoms with van der Waals surface area (Å²) in [5.41, 5.74) is 8.19. The smallest absolute Gasteiger partial charge is 0.394 e. The number of anilines is 1. The van der Waals surface area contributed by atoms with Crippen molar-refractivity contribution >= 4 is 16.8 Å². The van der Waals surface area contributed by atoms with Gasteiger partial charge in [0.1, 0.15) is 5.52 Å². The third kappa shape index (κ3) is 1.49. The second-order valence-corrected chi connectivity index (χ2v) is 2.74. The molecule has 5 nitrogen and oxygen atoms in total. The molecule has 2 rings (SSSR count). The summed E-state index contributed by atoms with van der Waals surface area (Å²) in [5.74, 6) is 0. The Balaban J connectivity index is 2.43. The Bertz CT molecular complexity index is 439. The Hall–Kier alpha value is -1.75. The van der Waals surface area contributed by atoms with Crippen molar-refractivity contribution < 1.29 is 9.15 Å². The number of ether oxygens (including phenoxy) is 1. The van der Waals surface area contributed by atoms with E-state index < -0.39 is 0 Å². The summed E-state index contributed by atoms with van der Waals surface area (Å²) >= 11 is 0. The quantitative estimate of drug-likeness (QED) is 0.721. The van der Waals surface area contributed by atoms with Gasteiger partial charge in [-0.2, -0.15) is 4.98 Å². The molecule has 0 spiro atoms. The molecule has 1 aromatic heterocycles. The summed E-state index contributed by atoms with van der Waals surface area (Å²) in [7, 11) is 3.32. The normalized spacial score (nSPS) is 10.4. The Morgan fingerprint density at radius 3 is 3.00 bits per heavy atom. The average Bonchev–Trinajstić information content (AvgIpc) is 2.60. The fraction of sp³-hybridized carbons (Fsp3) is 0.222. The number of aromatic nitrogens is 1. The minimum Gasteiger partial charge on any atom is -0.453 e. The maximum absolute atomic E-state index is 5.27. The van der Waals surface area contributed by atoms with Gasteiger partial charge in [0.2, 0.25) is 0 Å². The van der Waals surface area contributed by atoms with Gasteiger partial charge in [0, 0.05) is 7.05 Å². The molecule has 0 amide bonds. The van der Waals surface area contributed by atoms with E-state index in [0.717, 1.165) is 11.2 Å². The number of oxazole rings is 1. The number of hydrazine groups is 1. The minimum absolute atomic E-state index is 0.279. The van der Waals surface area contributed by atoms with Crippen LogP contribution in [0.2, 0.25) is 0 Å². The SMILES string of the molecule is CNNc1ccc2oc(OC)nc2c1. The summed E-state index contributed by atoms with van der Waals surface area (Å²) in [6, 6.07) is 5.60. The zero-order valence-electron chi connectivity index (χ0n) is 8.00. The molecule has 0 saturated heterocycles. The molecule has 2 aromatic rings. The number of hydrogen-bond acceptors (Lipinski definition) is 5. The van der Waals surface area contributed by atoms with Crippen molar-refractivity contribution in [1.82, 2.24) is 10.4 Å². The molecule has 14 heavy (non-hydrogen) atoms. The van der Waals surface area contributed by atoms with Crippen LogP contribution in [0.1, 0.15) is 0 Å². The first-order valence-electron chi connectivity index (χ1n) is 4.21. The first kappa shape index (κ1) is 8.83. The lowest BCUT2D eigenvalue weighted by Gasteiger charge is -2.01. The fourth-order valence-corrected chi connectivity index (χ4v) is 1.22. The van der Waals surface area contributed by atoms with Crippen molar-refractivity contribution in [2.24, 2.45) is 0 Å². The molecular formula is C9H11N3O2. The van der Waals surface area contributed by atoms with Gasteiger partial charge in [0.25, 0.3) is 0 Å².